The van der Waals surface area contributed by atoms with Gasteiger partial charge in [0.1, 0.15) is 10.8 Å². The molecule has 30 heavy (non-hydrogen) atoms. The lowest BCUT2D eigenvalue weighted by Gasteiger charge is -2.26. The van der Waals surface area contributed by atoms with Crippen molar-refractivity contribution in [2.24, 2.45) is 11.8 Å². The second-order valence-corrected chi connectivity index (χ2v) is 8.85. The van der Waals surface area contributed by atoms with Crippen molar-refractivity contribution in [3.05, 3.63) is 51.6 Å². The summed E-state index contributed by atoms with van der Waals surface area (Å²) in [5.74, 6) is -1.55. The van der Waals surface area contributed by atoms with Gasteiger partial charge in [0.2, 0.25) is 5.91 Å². The number of methoxy groups -OCH3 is 1. The van der Waals surface area contributed by atoms with Crippen molar-refractivity contribution in [1.29, 1.82) is 0 Å². The van der Waals surface area contributed by atoms with E-state index in [1.54, 1.807) is 12.1 Å². The number of esters is 1. The van der Waals surface area contributed by atoms with Gasteiger partial charge in [-0.1, -0.05) is 23.7 Å². The molecule has 160 valence electrons. The highest BCUT2D eigenvalue weighted by molar-refractivity contribution is 7.20. The monoisotopic (exact) mass is 452 g/mol. The Balaban J connectivity index is 1.59. The smallest absolute Gasteiger partial charge is 0.308 e. The van der Waals surface area contributed by atoms with Crippen LogP contribution in [-0.4, -0.2) is 24.9 Å². The van der Waals surface area contributed by atoms with E-state index in [2.05, 4.69) is 10.6 Å². The molecule has 1 aromatic heterocycles. The Morgan fingerprint density at radius 1 is 1.13 bits per heavy atom. The minimum Gasteiger partial charge on any atom is -0.469 e. The zero-order chi connectivity index (χ0) is 21.7. The number of carbonyl (C=O) groups is 3. The molecule has 2 aromatic rings. The predicted octanol–water partition coefficient (Wildman–Crippen LogP) is 4.39. The molecule has 1 aliphatic rings. The van der Waals surface area contributed by atoms with Crippen LogP contribution in [0.2, 0.25) is 4.34 Å². The Kier molecular flexibility index (Phi) is 7.44. The summed E-state index contributed by atoms with van der Waals surface area (Å²) >= 11 is 7.19. The maximum atomic E-state index is 13.0. The zero-order valence-corrected chi connectivity index (χ0v) is 17.9. The standard InChI is InChI=1S/C21H22ClFN2O4S/c1-29-21(28)14-6-4-13(5-7-14)18(26)25-20-16(10-17(22)30-20)19(27)24-11-12-2-8-15(23)9-3-12/h2-3,8-10,13-14H,4-7,11H2,1H3,(H,24,27)(H,25,26). The number of hydrogen-bond acceptors (Lipinski definition) is 5. The summed E-state index contributed by atoms with van der Waals surface area (Å²) in [5.41, 5.74) is 1.03. The van der Waals surface area contributed by atoms with Crippen LogP contribution in [0.1, 0.15) is 41.6 Å². The predicted molar refractivity (Wildman–Crippen MR) is 113 cm³/mol. The molecule has 0 atom stereocenters. The van der Waals surface area contributed by atoms with Crippen molar-refractivity contribution in [2.45, 2.75) is 32.2 Å². The van der Waals surface area contributed by atoms with Gasteiger partial charge in [-0.05, 0) is 49.4 Å². The molecule has 0 bridgehead atoms. The van der Waals surface area contributed by atoms with Crippen LogP contribution in [0.25, 0.3) is 0 Å². The van der Waals surface area contributed by atoms with Gasteiger partial charge in [-0.15, -0.1) is 11.3 Å². The second kappa shape index (κ2) is 10.0. The molecule has 0 radical (unpaired) electrons. The fraction of sp³-hybridized carbons (Fsp3) is 0.381. The molecule has 1 aliphatic carbocycles. The van der Waals surface area contributed by atoms with Crippen LogP contribution in [0.5, 0.6) is 0 Å². The third-order valence-corrected chi connectivity index (χ3v) is 6.36. The first-order valence-corrected chi connectivity index (χ1v) is 10.8. The van der Waals surface area contributed by atoms with Gasteiger partial charge in [0.05, 0.1) is 22.9 Å². The first-order chi connectivity index (χ1) is 14.4. The Morgan fingerprint density at radius 3 is 2.40 bits per heavy atom. The number of benzene rings is 1. The molecule has 9 heteroatoms. The molecular formula is C21H22ClFN2O4S. The van der Waals surface area contributed by atoms with Crippen molar-refractivity contribution in [3.63, 3.8) is 0 Å². The van der Waals surface area contributed by atoms with Crippen molar-refractivity contribution in [3.8, 4) is 0 Å². The van der Waals surface area contributed by atoms with Crippen LogP contribution < -0.4 is 10.6 Å². The summed E-state index contributed by atoms with van der Waals surface area (Å²) < 4.78 is 18.1. The van der Waals surface area contributed by atoms with Crippen molar-refractivity contribution < 1.29 is 23.5 Å². The van der Waals surface area contributed by atoms with Crippen LogP contribution in [0.4, 0.5) is 9.39 Å². The average molecular weight is 453 g/mol. The van der Waals surface area contributed by atoms with Crippen LogP contribution in [-0.2, 0) is 20.9 Å². The van der Waals surface area contributed by atoms with E-state index in [0.29, 0.717) is 35.0 Å². The lowest BCUT2D eigenvalue weighted by molar-refractivity contribution is -0.147. The van der Waals surface area contributed by atoms with Gasteiger partial charge >= 0.3 is 5.97 Å². The SMILES string of the molecule is COC(=O)C1CCC(C(=O)Nc2sc(Cl)cc2C(=O)NCc2ccc(F)cc2)CC1. The van der Waals surface area contributed by atoms with Gasteiger partial charge in [0.15, 0.2) is 0 Å². The summed E-state index contributed by atoms with van der Waals surface area (Å²) in [7, 11) is 1.37. The Morgan fingerprint density at radius 2 is 1.77 bits per heavy atom. The quantitative estimate of drug-likeness (QED) is 0.636. The van der Waals surface area contributed by atoms with E-state index in [1.165, 1.54) is 25.3 Å². The van der Waals surface area contributed by atoms with Crippen LogP contribution >= 0.6 is 22.9 Å². The van der Waals surface area contributed by atoms with Crippen LogP contribution in [0, 0.1) is 17.7 Å². The second-order valence-electron chi connectivity index (χ2n) is 7.16. The summed E-state index contributed by atoms with van der Waals surface area (Å²) in [6.45, 7) is 0.220. The highest BCUT2D eigenvalue weighted by Crippen LogP contribution is 2.34. The molecule has 0 saturated heterocycles. The van der Waals surface area contributed by atoms with Crippen molar-refractivity contribution >= 4 is 45.7 Å². The molecule has 0 spiro atoms. The molecule has 0 aliphatic heterocycles. The van der Waals surface area contributed by atoms with Gasteiger partial charge in [0, 0.05) is 12.5 Å². The highest BCUT2D eigenvalue weighted by Gasteiger charge is 2.31. The molecule has 0 unspecified atom stereocenters. The molecule has 1 aromatic carbocycles. The third-order valence-electron chi connectivity index (χ3n) is 5.18. The topological polar surface area (TPSA) is 84.5 Å². The molecule has 3 rings (SSSR count). The maximum Gasteiger partial charge on any atom is 0.308 e. The first kappa shape index (κ1) is 22.2. The van der Waals surface area contributed by atoms with Gasteiger partial charge in [-0.2, -0.15) is 0 Å². The Labute approximate surface area is 182 Å². The number of hydrogen-bond donors (Lipinski definition) is 2. The van der Waals surface area contributed by atoms with Gasteiger partial charge in [-0.3, -0.25) is 14.4 Å². The van der Waals surface area contributed by atoms with Gasteiger partial charge in [-0.25, -0.2) is 4.39 Å². The molecule has 6 nitrogen and oxygen atoms in total. The lowest BCUT2D eigenvalue weighted by atomic mass is 9.81. The van der Waals surface area contributed by atoms with E-state index in [4.69, 9.17) is 16.3 Å². The summed E-state index contributed by atoms with van der Waals surface area (Å²) in [5, 5.41) is 5.95. The minimum absolute atomic E-state index is 0.164. The third kappa shape index (κ3) is 5.58. The van der Waals surface area contributed by atoms with Crippen LogP contribution in [0.15, 0.2) is 30.3 Å². The fourth-order valence-corrected chi connectivity index (χ4v) is 4.60. The van der Waals surface area contributed by atoms with E-state index in [0.717, 1.165) is 16.9 Å². The number of nitrogens with one attached hydrogen (secondary N) is 2. The number of amides is 2. The molecule has 1 heterocycles. The fourth-order valence-electron chi connectivity index (χ4n) is 3.47. The highest BCUT2D eigenvalue weighted by atomic mass is 35.5. The molecule has 1 saturated carbocycles. The lowest BCUT2D eigenvalue weighted by Crippen LogP contribution is -2.30. The van der Waals surface area contributed by atoms with Gasteiger partial charge < -0.3 is 15.4 Å². The number of anilines is 1. The number of carbonyl (C=O) groups excluding carboxylic acids is 3. The summed E-state index contributed by atoms with van der Waals surface area (Å²) in [4.78, 5) is 36.9. The molecular weight excluding hydrogens is 431 g/mol. The Bertz CT molecular complexity index is 924. The number of halogens is 2. The molecule has 1 fully saturated rings. The Hall–Kier alpha value is -2.45. The van der Waals surface area contributed by atoms with Crippen LogP contribution in [0.3, 0.4) is 0 Å². The normalized spacial score (nSPS) is 18.5. The number of thiophene rings is 1. The van der Waals surface area contributed by atoms with Crippen molar-refractivity contribution in [2.75, 3.05) is 12.4 Å². The minimum atomic E-state index is -0.382. The largest absolute Gasteiger partial charge is 0.469 e. The van der Waals surface area contributed by atoms with Crippen molar-refractivity contribution in [1.82, 2.24) is 5.32 Å². The summed E-state index contributed by atoms with van der Waals surface area (Å²) in [6.07, 6.45) is 2.36. The first-order valence-electron chi connectivity index (χ1n) is 9.58. The van der Waals surface area contributed by atoms with E-state index < -0.39 is 0 Å². The summed E-state index contributed by atoms with van der Waals surface area (Å²) in [6, 6.07) is 7.33. The maximum absolute atomic E-state index is 13.0. The van der Waals surface area contributed by atoms with E-state index in [9.17, 15) is 18.8 Å². The number of rotatable bonds is 6. The molecule has 2 amide bonds. The molecule has 2 N–H and O–H groups in total. The number of ether oxygens (including phenoxy) is 1. The van der Waals surface area contributed by atoms with Gasteiger partial charge in [0.25, 0.3) is 5.91 Å². The van der Waals surface area contributed by atoms with E-state index in [1.807, 2.05) is 0 Å². The van der Waals surface area contributed by atoms with E-state index in [-0.39, 0.29) is 47.5 Å². The average Bonchev–Trinajstić information content (AvgIpc) is 3.12. The zero-order valence-electron chi connectivity index (χ0n) is 16.4. The van der Waals surface area contributed by atoms with E-state index >= 15 is 0 Å².